The third-order valence-corrected chi connectivity index (χ3v) is 3.87. The number of ether oxygens (including phenoxy) is 2. The molecule has 9 heteroatoms. The van der Waals surface area contributed by atoms with Gasteiger partial charge >= 0.3 is 0 Å². The van der Waals surface area contributed by atoms with Crippen molar-refractivity contribution < 1.29 is 14.3 Å². The maximum absolute atomic E-state index is 10.5. The summed E-state index contributed by atoms with van der Waals surface area (Å²) in [5.74, 6) is 0.333. The summed E-state index contributed by atoms with van der Waals surface area (Å²) in [6, 6.07) is 5.31. The van der Waals surface area contributed by atoms with Gasteiger partial charge in [0.2, 0.25) is 6.41 Å². The van der Waals surface area contributed by atoms with Gasteiger partial charge in [0, 0.05) is 35.3 Å². The van der Waals surface area contributed by atoms with E-state index in [4.69, 9.17) is 20.9 Å². The molecule has 0 spiro atoms. The number of aromatic nitrogens is 2. The van der Waals surface area contributed by atoms with Crippen LogP contribution < -0.4 is 16.8 Å². The van der Waals surface area contributed by atoms with E-state index in [-0.39, 0.29) is 6.23 Å². The first-order valence-electron chi connectivity index (χ1n) is 8.28. The number of nitrogens with zero attached hydrogens (tertiary/aromatic N) is 3. The minimum atomic E-state index is -0.352. The number of hydrogen-bond donors (Lipinski definition) is 3. The lowest BCUT2D eigenvalue weighted by Crippen LogP contribution is -2.26. The molecular weight excluding hydrogens is 348 g/mol. The molecule has 1 aliphatic rings. The van der Waals surface area contributed by atoms with Crippen molar-refractivity contribution in [3.05, 3.63) is 42.4 Å². The van der Waals surface area contributed by atoms with E-state index >= 15 is 0 Å². The van der Waals surface area contributed by atoms with Gasteiger partial charge < -0.3 is 26.3 Å². The van der Waals surface area contributed by atoms with Crippen molar-refractivity contribution in [2.24, 2.45) is 10.7 Å². The van der Waals surface area contributed by atoms with Crippen LogP contribution in [0, 0.1) is 0 Å². The van der Waals surface area contributed by atoms with E-state index in [9.17, 15) is 4.79 Å². The van der Waals surface area contributed by atoms with Crippen molar-refractivity contribution in [2.75, 3.05) is 30.9 Å². The Bertz CT molecular complexity index is 845. The van der Waals surface area contributed by atoms with Gasteiger partial charge in [-0.25, -0.2) is 4.98 Å². The van der Waals surface area contributed by atoms with E-state index in [1.54, 1.807) is 24.5 Å². The number of hydrogen-bond acceptors (Lipinski definition) is 8. The summed E-state index contributed by atoms with van der Waals surface area (Å²) in [6.07, 6.45) is 6.46. The number of amides is 1. The standard InChI is InChI=1S/C18H20N6O3/c19-6-13(8-22-17-10-26-3-4-27-17)12-5-15(18(20)23-7-12)16-2-1-14(9-21-16)24-11-25/h1-2,5-9,11,17H,3-4,10,19H2,(H2,20,23)(H,24,25). The van der Waals surface area contributed by atoms with E-state index in [1.165, 1.54) is 12.4 Å². The molecule has 27 heavy (non-hydrogen) atoms. The minimum Gasteiger partial charge on any atom is -0.404 e. The molecule has 0 radical (unpaired) electrons. The second kappa shape index (κ2) is 8.88. The fourth-order valence-electron chi connectivity index (χ4n) is 2.48. The van der Waals surface area contributed by atoms with Gasteiger partial charge in [0.05, 0.1) is 37.4 Å². The first kappa shape index (κ1) is 18.5. The van der Waals surface area contributed by atoms with E-state index in [0.717, 1.165) is 5.56 Å². The van der Waals surface area contributed by atoms with Crippen LogP contribution in [-0.4, -0.2) is 48.6 Å². The van der Waals surface area contributed by atoms with Gasteiger partial charge in [-0.15, -0.1) is 0 Å². The quantitative estimate of drug-likeness (QED) is 0.511. The number of carbonyl (C=O) groups excluding carboxylic acids is 1. The maximum atomic E-state index is 10.5. The van der Waals surface area contributed by atoms with Crippen LogP contribution in [0.5, 0.6) is 0 Å². The molecule has 9 nitrogen and oxygen atoms in total. The SMILES string of the molecule is NC=C(C=NC1COCCO1)c1cnc(N)c(-c2ccc(NC=O)cn2)c1. The van der Waals surface area contributed by atoms with E-state index < -0.39 is 0 Å². The third-order valence-electron chi connectivity index (χ3n) is 3.87. The molecule has 1 aliphatic heterocycles. The normalized spacial score (nSPS) is 17.8. The summed E-state index contributed by atoms with van der Waals surface area (Å²) in [5, 5.41) is 2.53. The van der Waals surface area contributed by atoms with Crippen LogP contribution in [0.25, 0.3) is 16.8 Å². The first-order chi connectivity index (χ1) is 13.2. The molecule has 1 unspecified atom stereocenters. The van der Waals surface area contributed by atoms with Gasteiger partial charge in [-0.1, -0.05) is 0 Å². The highest BCUT2D eigenvalue weighted by molar-refractivity contribution is 6.10. The summed E-state index contributed by atoms with van der Waals surface area (Å²) in [5.41, 5.74) is 15.0. The average molecular weight is 368 g/mol. The molecule has 1 atom stereocenters. The number of aliphatic imine (C=N–C) groups is 1. The molecule has 1 amide bonds. The van der Waals surface area contributed by atoms with Crippen LogP contribution in [0.15, 0.2) is 41.8 Å². The summed E-state index contributed by atoms with van der Waals surface area (Å²) in [7, 11) is 0. The van der Waals surface area contributed by atoms with E-state index in [2.05, 4.69) is 20.3 Å². The monoisotopic (exact) mass is 368 g/mol. The fraction of sp³-hybridized carbons (Fsp3) is 0.222. The van der Waals surface area contributed by atoms with Crippen LogP contribution in [0.2, 0.25) is 0 Å². The topological polar surface area (TPSA) is 138 Å². The highest BCUT2D eigenvalue weighted by Gasteiger charge is 2.13. The number of nitrogens with two attached hydrogens (primary N) is 2. The van der Waals surface area contributed by atoms with Gasteiger partial charge in [-0.05, 0) is 18.2 Å². The predicted molar refractivity (Wildman–Crippen MR) is 103 cm³/mol. The number of carbonyl (C=O) groups is 1. The second-order valence-electron chi connectivity index (χ2n) is 5.65. The number of pyridine rings is 2. The Morgan fingerprint density at radius 1 is 1.30 bits per heavy atom. The minimum absolute atomic E-state index is 0.333. The number of allylic oxidation sites excluding steroid dienone is 1. The maximum Gasteiger partial charge on any atom is 0.211 e. The van der Waals surface area contributed by atoms with Gasteiger partial charge in [0.15, 0.2) is 6.23 Å². The summed E-state index contributed by atoms with van der Waals surface area (Å²) in [6.45, 7) is 1.49. The number of nitrogens with one attached hydrogen (secondary N) is 1. The summed E-state index contributed by atoms with van der Waals surface area (Å²) >= 11 is 0. The van der Waals surface area contributed by atoms with Crippen LogP contribution in [-0.2, 0) is 14.3 Å². The van der Waals surface area contributed by atoms with Crippen LogP contribution in [0.4, 0.5) is 11.5 Å². The lowest BCUT2D eigenvalue weighted by atomic mass is 10.1. The number of anilines is 2. The smallest absolute Gasteiger partial charge is 0.211 e. The second-order valence-corrected chi connectivity index (χ2v) is 5.65. The number of rotatable bonds is 6. The molecule has 2 aromatic heterocycles. The molecule has 0 aromatic carbocycles. The Morgan fingerprint density at radius 2 is 2.19 bits per heavy atom. The zero-order valence-corrected chi connectivity index (χ0v) is 14.5. The predicted octanol–water partition coefficient (Wildman–Crippen LogP) is 1.04. The lowest BCUT2D eigenvalue weighted by Gasteiger charge is -2.19. The van der Waals surface area contributed by atoms with Crippen molar-refractivity contribution in [1.29, 1.82) is 0 Å². The molecule has 0 bridgehead atoms. The van der Waals surface area contributed by atoms with Crippen molar-refractivity contribution >= 4 is 29.7 Å². The van der Waals surface area contributed by atoms with Crippen molar-refractivity contribution in [3.8, 4) is 11.3 Å². The van der Waals surface area contributed by atoms with E-state index in [1.807, 2.05) is 6.07 Å². The molecule has 3 heterocycles. The third kappa shape index (κ3) is 4.66. The Labute approximate surface area is 156 Å². The van der Waals surface area contributed by atoms with Crippen molar-refractivity contribution in [2.45, 2.75) is 6.23 Å². The molecule has 2 aromatic rings. The van der Waals surface area contributed by atoms with Gasteiger partial charge in [0.1, 0.15) is 5.82 Å². The van der Waals surface area contributed by atoms with E-state index in [0.29, 0.717) is 54.6 Å². The largest absolute Gasteiger partial charge is 0.404 e. The van der Waals surface area contributed by atoms with Gasteiger partial charge in [-0.3, -0.25) is 14.8 Å². The molecule has 140 valence electrons. The van der Waals surface area contributed by atoms with Crippen LogP contribution in [0.3, 0.4) is 0 Å². The first-order valence-corrected chi connectivity index (χ1v) is 8.28. The fourth-order valence-corrected chi connectivity index (χ4v) is 2.48. The molecule has 0 aliphatic carbocycles. The summed E-state index contributed by atoms with van der Waals surface area (Å²) < 4.78 is 10.8. The van der Waals surface area contributed by atoms with Gasteiger partial charge in [-0.2, -0.15) is 0 Å². The Hall–Kier alpha value is -3.30. The lowest BCUT2D eigenvalue weighted by molar-refractivity contribution is -0.105. The zero-order chi connectivity index (χ0) is 19.1. The molecule has 1 saturated heterocycles. The Morgan fingerprint density at radius 3 is 2.85 bits per heavy atom. The molecular formula is C18H20N6O3. The Balaban J connectivity index is 1.84. The van der Waals surface area contributed by atoms with Crippen molar-refractivity contribution in [1.82, 2.24) is 9.97 Å². The van der Waals surface area contributed by atoms with Crippen LogP contribution in [0.1, 0.15) is 5.56 Å². The Kier molecular flexibility index (Phi) is 6.08. The molecule has 5 N–H and O–H groups in total. The highest BCUT2D eigenvalue weighted by Crippen LogP contribution is 2.26. The highest BCUT2D eigenvalue weighted by atomic mass is 16.6. The summed E-state index contributed by atoms with van der Waals surface area (Å²) in [4.78, 5) is 23.4. The van der Waals surface area contributed by atoms with Gasteiger partial charge in [0.25, 0.3) is 0 Å². The molecule has 3 rings (SSSR count). The van der Waals surface area contributed by atoms with Crippen molar-refractivity contribution in [3.63, 3.8) is 0 Å². The molecule has 0 saturated carbocycles. The average Bonchev–Trinajstić information content (AvgIpc) is 2.71. The molecule has 1 fully saturated rings. The zero-order valence-electron chi connectivity index (χ0n) is 14.5. The number of nitrogen functional groups attached to an aromatic ring is 1. The van der Waals surface area contributed by atoms with Crippen LogP contribution >= 0.6 is 0 Å².